The lowest BCUT2D eigenvalue weighted by atomic mass is 9.94. The Hall–Kier alpha value is -2.08. The Morgan fingerprint density at radius 3 is 2.61 bits per heavy atom. The Morgan fingerprint density at radius 1 is 1.28 bits per heavy atom. The first-order chi connectivity index (χ1) is 8.54. The van der Waals surface area contributed by atoms with Gasteiger partial charge in [-0.1, -0.05) is 32.0 Å². The van der Waals surface area contributed by atoms with Crippen LogP contribution in [-0.2, 0) is 7.05 Å². The molecule has 0 N–H and O–H groups in total. The van der Waals surface area contributed by atoms with Gasteiger partial charge >= 0.3 is 0 Å². The first-order valence-electron chi connectivity index (χ1n) is 6.08. The van der Waals surface area contributed by atoms with Gasteiger partial charge in [0, 0.05) is 24.4 Å². The Morgan fingerprint density at radius 2 is 2.00 bits per heavy atom. The minimum Gasteiger partial charge on any atom is -0.275 e. The van der Waals surface area contributed by atoms with Crippen molar-refractivity contribution >= 4 is 0 Å². The van der Waals surface area contributed by atoms with E-state index < -0.39 is 0 Å². The highest BCUT2D eigenvalue weighted by Crippen LogP contribution is 2.31. The summed E-state index contributed by atoms with van der Waals surface area (Å²) in [7, 11) is 1.91. The highest BCUT2D eigenvalue weighted by Gasteiger charge is 2.16. The van der Waals surface area contributed by atoms with Crippen molar-refractivity contribution in [2.24, 2.45) is 7.05 Å². The first kappa shape index (κ1) is 12.4. The second kappa shape index (κ2) is 4.66. The minimum atomic E-state index is 0.341. The lowest BCUT2D eigenvalue weighted by molar-refractivity contribution is 0.713. The molecule has 0 aliphatic rings. The molecule has 3 nitrogen and oxygen atoms in total. The first-order valence-corrected chi connectivity index (χ1v) is 6.08. The number of aryl methyl sites for hydroxylation is 2. The molecule has 0 saturated carbocycles. The van der Waals surface area contributed by atoms with Gasteiger partial charge in [-0.15, -0.1) is 0 Å². The van der Waals surface area contributed by atoms with Crippen LogP contribution in [0.2, 0.25) is 0 Å². The molecule has 2 aromatic rings. The molecule has 0 fully saturated rings. The van der Waals surface area contributed by atoms with E-state index in [9.17, 15) is 5.26 Å². The van der Waals surface area contributed by atoms with Crippen LogP contribution in [0.4, 0.5) is 0 Å². The average molecular weight is 239 g/mol. The van der Waals surface area contributed by atoms with Crippen LogP contribution in [0.5, 0.6) is 0 Å². The molecular formula is C15H17N3. The van der Waals surface area contributed by atoms with E-state index in [0.717, 1.165) is 27.9 Å². The Bertz CT molecular complexity index is 615. The summed E-state index contributed by atoms with van der Waals surface area (Å²) in [5, 5.41) is 13.8. The highest BCUT2D eigenvalue weighted by atomic mass is 15.3. The Kier molecular flexibility index (Phi) is 3.20. The number of nitrogens with zero attached hydrogens (tertiary/aromatic N) is 3. The molecule has 0 bridgehead atoms. The van der Waals surface area contributed by atoms with Crippen LogP contribution < -0.4 is 0 Å². The molecule has 1 aromatic carbocycles. The van der Waals surface area contributed by atoms with E-state index in [2.05, 4.69) is 25.0 Å². The van der Waals surface area contributed by atoms with Crippen LogP contribution in [0, 0.1) is 18.3 Å². The maximum atomic E-state index is 9.32. The second-order valence-electron chi connectivity index (χ2n) is 4.87. The smallest absolute Gasteiger partial charge is 0.100 e. The van der Waals surface area contributed by atoms with Gasteiger partial charge in [0.1, 0.15) is 6.07 Å². The van der Waals surface area contributed by atoms with Gasteiger partial charge in [0.2, 0.25) is 0 Å². The van der Waals surface area contributed by atoms with Gasteiger partial charge in [0.05, 0.1) is 11.3 Å². The van der Waals surface area contributed by atoms with E-state index in [1.165, 1.54) is 0 Å². The van der Waals surface area contributed by atoms with E-state index >= 15 is 0 Å². The SMILES string of the molecule is Cc1cccc(-c2cn(C)nc2C(C)C)c1C#N. The minimum absolute atomic E-state index is 0.341. The van der Waals surface area contributed by atoms with E-state index in [1.807, 2.05) is 43.0 Å². The van der Waals surface area contributed by atoms with Crippen LogP contribution in [0.1, 0.15) is 36.6 Å². The quantitative estimate of drug-likeness (QED) is 0.806. The molecular weight excluding hydrogens is 222 g/mol. The summed E-state index contributed by atoms with van der Waals surface area (Å²) in [6.45, 7) is 6.20. The van der Waals surface area contributed by atoms with Gasteiger partial charge in [-0.2, -0.15) is 10.4 Å². The number of benzene rings is 1. The zero-order chi connectivity index (χ0) is 13.3. The van der Waals surface area contributed by atoms with E-state index in [1.54, 1.807) is 0 Å². The number of nitriles is 1. The molecule has 0 spiro atoms. The van der Waals surface area contributed by atoms with Crippen molar-refractivity contribution in [2.45, 2.75) is 26.7 Å². The molecule has 0 amide bonds. The zero-order valence-electron chi connectivity index (χ0n) is 11.2. The molecule has 3 heteroatoms. The van der Waals surface area contributed by atoms with Gasteiger partial charge in [0.15, 0.2) is 0 Å². The number of aromatic nitrogens is 2. The lowest BCUT2D eigenvalue weighted by Crippen LogP contribution is -1.95. The summed E-state index contributed by atoms with van der Waals surface area (Å²) in [5.74, 6) is 0.341. The van der Waals surface area contributed by atoms with E-state index in [0.29, 0.717) is 5.92 Å². The molecule has 0 saturated heterocycles. The van der Waals surface area contributed by atoms with E-state index in [-0.39, 0.29) is 0 Å². The summed E-state index contributed by atoms with van der Waals surface area (Å²) >= 11 is 0. The summed E-state index contributed by atoms with van der Waals surface area (Å²) < 4.78 is 1.81. The molecule has 0 atom stereocenters. The molecule has 0 unspecified atom stereocenters. The fraction of sp³-hybridized carbons (Fsp3) is 0.333. The fourth-order valence-corrected chi connectivity index (χ4v) is 2.18. The van der Waals surface area contributed by atoms with Crippen molar-refractivity contribution in [3.05, 3.63) is 41.2 Å². The van der Waals surface area contributed by atoms with E-state index in [4.69, 9.17) is 0 Å². The monoisotopic (exact) mass is 239 g/mol. The standard InChI is InChI=1S/C15H17N3/c1-10(2)15-14(9-18(4)17-15)12-7-5-6-11(3)13(12)8-16/h5-7,9-10H,1-4H3. The Balaban J connectivity index is 2.70. The molecule has 18 heavy (non-hydrogen) atoms. The number of hydrogen-bond donors (Lipinski definition) is 0. The van der Waals surface area contributed by atoms with Crippen LogP contribution >= 0.6 is 0 Å². The van der Waals surface area contributed by atoms with Crippen LogP contribution in [0.25, 0.3) is 11.1 Å². The molecule has 0 radical (unpaired) electrons. The highest BCUT2D eigenvalue weighted by molar-refractivity contribution is 5.73. The van der Waals surface area contributed by atoms with Crippen molar-refractivity contribution in [2.75, 3.05) is 0 Å². The number of hydrogen-bond acceptors (Lipinski definition) is 2. The topological polar surface area (TPSA) is 41.6 Å². The van der Waals surface area contributed by atoms with Crippen molar-refractivity contribution in [3.8, 4) is 17.2 Å². The maximum absolute atomic E-state index is 9.32. The normalized spacial score (nSPS) is 10.7. The third-order valence-electron chi connectivity index (χ3n) is 3.08. The molecule has 92 valence electrons. The summed E-state index contributed by atoms with van der Waals surface area (Å²) in [6, 6.07) is 8.25. The van der Waals surface area contributed by atoms with Crippen molar-refractivity contribution in [3.63, 3.8) is 0 Å². The third kappa shape index (κ3) is 2.02. The molecule has 2 rings (SSSR count). The summed E-state index contributed by atoms with van der Waals surface area (Å²) in [4.78, 5) is 0. The predicted octanol–water partition coefficient (Wildman–Crippen LogP) is 3.39. The lowest BCUT2D eigenvalue weighted by Gasteiger charge is -2.08. The average Bonchev–Trinajstić information content (AvgIpc) is 2.71. The molecule has 0 aliphatic carbocycles. The van der Waals surface area contributed by atoms with Crippen molar-refractivity contribution in [1.29, 1.82) is 5.26 Å². The van der Waals surface area contributed by atoms with Gasteiger partial charge in [-0.3, -0.25) is 4.68 Å². The maximum Gasteiger partial charge on any atom is 0.100 e. The molecule has 1 heterocycles. The largest absolute Gasteiger partial charge is 0.275 e. The van der Waals surface area contributed by atoms with Gasteiger partial charge in [-0.25, -0.2) is 0 Å². The van der Waals surface area contributed by atoms with Crippen LogP contribution in [0.3, 0.4) is 0 Å². The predicted molar refractivity (Wildman–Crippen MR) is 72.2 cm³/mol. The Labute approximate surface area is 108 Å². The van der Waals surface area contributed by atoms with Crippen LogP contribution in [-0.4, -0.2) is 9.78 Å². The van der Waals surface area contributed by atoms with Gasteiger partial charge < -0.3 is 0 Å². The summed E-state index contributed by atoms with van der Waals surface area (Å²) in [5.41, 5.74) is 4.84. The third-order valence-corrected chi connectivity index (χ3v) is 3.08. The summed E-state index contributed by atoms with van der Waals surface area (Å²) in [6.07, 6.45) is 1.99. The fourth-order valence-electron chi connectivity index (χ4n) is 2.18. The van der Waals surface area contributed by atoms with Crippen LogP contribution in [0.15, 0.2) is 24.4 Å². The van der Waals surface area contributed by atoms with Crippen molar-refractivity contribution < 1.29 is 0 Å². The van der Waals surface area contributed by atoms with Gasteiger partial charge in [-0.05, 0) is 18.4 Å². The van der Waals surface area contributed by atoms with Crippen molar-refractivity contribution in [1.82, 2.24) is 9.78 Å². The molecule has 1 aromatic heterocycles. The van der Waals surface area contributed by atoms with Gasteiger partial charge in [0.25, 0.3) is 0 Å². The molecule has 0 aliphatic heterocycles. The second-order valence-corrected chi connectivity index (χ2v) is 4.87. The zero-order valence-corrected chi connectivity index (χ0v) is 11.2. The number of rotatable bonds is 2.